The van der Waals surface area contributed by atoms with Gasteiger partial charge in [-0.25, -0.2) is 4.79 Å². The molecule has 0 amide bonds. The minimum atomic E-state index is -5.25. The molecule has 0 aromatic carbocycles. The molecule has 0 aliphatic rings. The Morgan fingerprint density at radius 1 is 1.06 bits per heavy atom. The van der Waals surface area contributed by atoms with Gasteiger partial charge in [0.25, 0.3) is 3.79 Å². The maximum atomic E-state index is 9.62. The number of carbonyl (C=O) groups is 1. The summed E-state index contributed by atoms with van der Waals surface area (Å²) in [6, 6.07) is 0. The van der Waals surface area contributed by atoms with Crippen molar-refractivity contribution in [2.24, 2.45) is 0 Å². The monoisotopic (exact) mass is 378 g/mol. The Balaban J connectivity index is -0.000000177. The molecule has 106 valence electrons. The van der Waals surface area contributed by atoms with Crippen molar-refractivity contribution < 1.29 is 57.0 Å². The molecule has 0 spiro atoms. The van der Waals surface area contributed by atoms with Gasteiger partial charge in [-0.2, -0.15) is 8.42 Å². The standard InChI is InChI=1S/C2HCl3O2.Cr.H2O4S.2H2O.2O/c3-2(4,5)1(6)7;;1-5(2,3)4;;;;/h(H,6,7);;(H2,1,2,3,4);2*1H2;;/q;+2;;;;;/p-2. The topological polar surface area (TPSA) is 186 Å². The predicted octanol–water partition coefficient (Wildman–Crippen LogP) is -0.566. The van der Waals surface area contributed by atoms with E-state index in [1.165, 1.54) is 0 Å². The van der Waals surface area contributed by atoms with Crippen molar-refractivity contribution in [2.75, 3.05) is 0 Å². The molecule has 10 nitrogen and oxygen atoms in total. The van der Waals surface area contributed by atoms with Crippen molar-refractivity contribution in [1.82, 2.24) is 0 Å². The Kier molecular flexibility index (Phi) is 11.1. The Hall–Kier alpha value is 0.262. The van der Waals surface area contributed by atoms with Crippen molar-refractivity contribution >= 4 is 51.2 Å². The number of rotatable bonds is 0. The number of aliphatic carboxylic acids is 1. The molecular formula is C2H5Cl3CrO10S. The molecule has 5 N–H and O–H groups in total. The molecule has 0 rings (SSSR count). The van der Waals surface area contributed by atoms with Crippen molar-refractivity contribution in [3.63, 3.8) is 0 Å². The first-order valence-electron chi connectivity index (χ1n) is 2.64. The molecule has 0 heterocycles. The van der Waals surface area contributed by atoms with Crippen LogP contribution in [-0.4, -0.2) is 40.7 Å². The molecule has 15 heteroatoms. The van der Waals surface area contributed by atoms with Crippen molar-refractivity contribution in [1.29, 1.82) is 0 Å². The molecule has 0 fully saturated rings. The third-order valence-electron chi connectivity index (χ3n) is 0.243. The van der Waals surface area contributed by atoms with Gasteiger partial charge in [0.1, 0.15) is 0 Å². The molecule has 0 unspecified atom stereocenters. The van der Waals surface area contributed by atoms with Crippen LogP contribution in [0.1, 0.15) is 0 Å². The van der Waals surface area contributed by atoms with E-state index < -0.39 is 33.8 Å². The molecule has 0 saturated heterocycles. The SMILES string of the molecule is O=C(O)C(Cl)(Cl)Cl.O=S(=O)(O)O.[O]=[Cr](=[O])([OH])[OH]. The Labute approximate surface area is 112 Å². The zero-order valence-electron chi connectivity index (χ0n) is 7.23. The van der Waals surface area contributed by atoms with Gasteiger partial charge >= 0.3 is 45.9 Å². The predicted molar refractivity (Wildman–Crippen MR) is 47.9 cm³/mol. The number of hydrogen-bond acceptors (Lipinski definition) is 5. The van der Waals surface area contributed by atoms with Gasteiger partial charge in [0.05, 0.1) is 0 Å². The van der Waals surface area contributed by atoms with E-state index in [2.05, 4.69) is 0 Å². The first kappa shape index (κ1) is 22.4. The summed E-state index contributed by atoms with van der Waals surface area (Å²) in [5.41, 5.74) is 0. The van der Waals surface area contributed by atoms with Crippen LogP contribution in [0.5, 0.6) is 0 Å². The second kappa shape index (κ2) is 8.38. The van der Waals surface area contributed by atoms with E-state index in [1.54, 1.807) is 0 Å². The second-order valence-electron chi connectivity index (χ2n) is 1.70. The quantitative estimate of drug-likeness (QED) is 0.269. The normalized spacial score (nSPS) is 11.5. The van der Waals surface area contributed by atoms with Gasteiger partial charge in [-0.05, 0) is 0 Å². The molecule has 0 aromatic rings. The zero-order chi connectivity index (χ0) is 15.1. The van der Waals surface area contributed by atoms with Crippen molar-refractivity contribution in [3.05, 3.63) is 0 Å². The second-order valence-corrected chi connectivity index (χ2v) is 6.27. The van der Waals surface area contributed by atoms with Crippen LogP contribution in [0.25, 0.3) is 0 Å². The van der Waals surface area contributed by atoms with Gasteiger partial charge in [0, 0.05) is 0 Å². The molecule has 17 heavy (non-hydrogen) atoms. The molecule has 0 aromatic heterocycles. The summed E-state index contributed by atoms with van der Waals surface area (Å²) in [6.45, 7) is 0. The third-order valence-corrected chi connectivity index (χ3v) is 0.728. The van der Waals surface area contributed by atoms with Crippen LogP contribution in [-0.2, 0) is 36.4 Å². The van der Waals surface area contributed by atoms with Gasteiger partial charge < -0.3 is 5.11 Å². The molecule has 0 radical (unpaired) electrons. The number of hydrogen-bond donors (Lipinski definition) is 5. The van der Waals surface area contributed by atoms with E-state index in [0.29, 0.717) is 0 Å². The van der Waals surface area contributed by atoms with Crippen LogP contribution in [0.4, 0.5) is 0 Å². The van der Waals surface area contributed by atoms with E-state index in [9.17, 15) is 4.79 Å². The summed E-state index contributed by atoms with van der Waals surface area (Å²) in [7, 11) is -4.67. The van der Waals surface area contributed by atoms with E-state index in [0.717, 1.165) is 0 Å². The van der Waals surface area contributed by atoms with Crippen molar-refractivity contribution in [3.8, 4) is 0 Å². The van der Waals surface area contributed by atoms with Crippen LogP contribution in [0.3, 0.4) is 0 Å². The van der Waals surface area contributed by atoms with Crippen molar-refractivity contribution in [2.45, 2.75) is 3.79 Å². The Morgan fingerprint density at radius 3 is 1.12 bits per heavy atom. The van der Waals surface area contributed by atoms with Crippen LogP contribution < -0.4 is 0 Å². The third kappa shape index (κ3) is 84.3. The average Bonchev–Trinajstić information content (AvgIpc) is 1.74. The summed E-state index contributed by atoms with van der Waals surface area (Å²) in [5, 5.41) is 7.85. The van der Waals surface area contributed by atoms with E-state index in [-0.39, 0.29) is 0 Å². The first-order valence-corrected chi connectivity index (χ1v) is 7.35. The van der Waals surface area contributed by atoms with Gasteiger partial charge in [-0.1, -0.05) is 34.8 Å². The van der Waals surface area contributed by atoms with E-state index >= 15 is 0 Å². The molecule has 0 atom stereocenters. The summed E-state index contributed by atoms with van der Waals surface area (Å²) in [6.07, 6.45) is 0. The van der Waals surface area contributed by atoms with E-state index in [4.69, 9.17) is 73.4 Å². The average molecular weight is 379 g/mol. The Bertz CT molecular complexity index is 371. The van der Waals surface area contributed by atoms with Gasteiger partial charge in [0.15, 0.2) is 0 Å². The molecular weight excluding hydrogens is 374 g/mol. The molecule has 0 bridgehead atoms. The van der Waals surface area contributed by atoms with Gasteiger partial charge in [-0.3, -0.25) is 9.11 Å². The fourth-order valence-corrected chi connectivity index (χ4v) is 0. The molecule has 0 aliphatic heterocycles. The fraction of sp³-hybridized carbons (Fsp3) is 0.500. The maximum absolute atomic E-state index is 9.62. The number of halogens is 3. The van der Waals surface area contributed by atoms with Gasteiger partial charge in [0.2, 0.25) is 0 Å². The summed E-state index contributed by atoms with van der Waals surface area (Å²) in [4.78, 5) is 9.62. The first-order chi connectivity index (χ1) is 6.94. The summed E-state index contributed by atoms with van der Waals surface area (Å²) < 4.78 is 61.3. The number of carboxylic acids is 1. The minimum absolute atomic E-state index is 1.46. The zero-order valence-corrected chi connectivity index (χ0v) is 11.6. The summed E-state index contributed by atoms with van der Waals surface area (Å²) in [5.74, 6) is -1.46. The van der Waals surface area contributed by atoms with E-state index in [1.807, 2.05) is 0 Å². The fourth-order valence-electron chi connectivity index (χ4n) is 0. The Morgan fingerprint density at radius 2 is 1.12 bits per heavy atom. The van der Waals surface area contributed by atoms with Crippen LogP contribution in [0, 0.1) is 0 Å². The number of carboxylic acid groups (broad SMARTS) is 1. The van der Waals surface area contributed by atoms with Crippen LogP contribution in [0.2, 0.25) is 0 Å². The van der Waals surface area contributed by atoms with Crippen LogP contribution in [0.15, 0.2) is 0 Å². The molecule has 0 saturated carbocycles. The molecule has 0 aliphatic carbocycles. The van der Waals surface area contributed by atoms with Crippen LogP contribution >= 0.6 is 34.8 Å². The number of alkyl halides is 3. The summed E-state index contributed by atoms with van der Waals surface area (Å²) >= 11 is 9.15. The van der Waals surface area contributed by atoms with Gasteiger partial charge in [-0.15, -0.1) is 0 Å².